The standard InChI is InChI=1S/C20H25NO3S.C19H22N2O2.C16H16N2.C16H19NO2S.C15H17NO2S.C14H13Cl2N/c1-14(2)12-17(22)13-25(23,24)18-9-7-16(8-10-18)19-6-5-11-21-20(19)15(3)4;1-14(2)18-17(7-4-8-20-18)15-5-3-6-16(13-15)19(22)21-9-11-23-12-10-21;1-11(2)16-14(4-3-8-18-16)12-5-6-15-13(10-12)7-9-17-15;1-4-20(18,19)14-9-7-13(8-10-14)15-6-5-11-17-16(15)12(2)3;1-11(2)15-14(5-4-10-16-15)12-6-8-13(9-7-12)19(3,17)18;1-9(2)14-13(4-3-5-17-14)10-6-11(15)8-12(16)7-10/h5-11,14-15H,12-13H2,1-4H3;3-8,13-14H,9-12H2,1-2H3;3-11,17H,1-2H3;5-12H,4H2,1-3H3;4-11H,1-3H3;3-9H,1-2H3. The Bertz CT molecular complexity index is 5990. The van der Waals surface area contributed by atoms with E-state index in [1.807, 2.05) is 165 Å². The molecule has 6 aromatic carbocycles. The van der Waals surface area contributed by atoms with Gasteiger partial charge in [-0.05, 0) is 202 Å². The van der Waals surface area contributed by atoms with Crippen LogP contribution in [0.1, 0.15) is 190 Å². The fraction of sp³-hybridized carbons (Fsp3) is 0.300. The molecule has 1 aliphatic heterocycles. The third-order valence-electron chi connectivity index (χ3n) is 20.1. The number of Topliss-reactive ketones (excluding diaryl/α,β-unsaturated/α-hetero) is 1. The van der Waals surface area contributed by atoms with Crippen molar-refractivity contribution >= 4 is 75.3 Å². The van der Waals surface area contributed by atoms with E-state index in [2.05, 4.69) is 154 Å². The zero-order chi connectivity index (χ0) is 88.6. The van der Waals surface area contributed by atoms with Crippen LogP contribution in [0.5, 0.6) is 0 Å². The number of sulfone groups is 3. The molecule has 13 aromatic rings. The summed E-state index contributed by atoms with van der Waals surface area (Å²) in [6, 6.07) is 66.5. The molecule has 22 heteroatoms. The lowest BCUT2D eigenvalue weighted by Gasteiger charge is -2.27. The summed E-state index contributed by atoms with van der Waals surface area (Å²) in [6.45, 7) is 33.4. The van der Waals surface area contributed by atoms with Crippen LogP contribution in [-0.4, -0.2) is 121 Å². The molecule has 1 N–H and O–H groups in total. The molecule has 638 valence electrons. The summed E-state index contributed by atoms with van der Waals surface area (Å²) < 4.78 is 76.7. The number of amides is 1. The van der Waals surface area contributed by atoms with Gasteiger partial charge in [-0.1, -0.05) is 218 Å². The van der Waals surface area contributed by atoms with Gasteiger partial charge in [-0.3, -0.25) is 39.5 Å². The fourth-order valence-electron chi connectivity index (χ4n) is 14.0. The predicted molar refractivity (Wildman–Crippen MR) is 499 cm³/mol. The number of pyridine rings is 6. The van der Waals surface area contributed by atoms with Gasteiger partial charge in [-0.2, -0.15) is 0 Å². The molecule has 1 fully saturated rings. The number of halogens is 2. The van der Waals surface area contributed by atoms with Crippen molar-refractivity contribution in [3.63, 3.8) is 0 Å². The summed E-state index contributed by atoms with van der Waals surface area (Å²) in [4.78, 5) is 57.2. The lowest BCUT2D eigenvalue weighted by Crippen LogP contribution is -2.40. The van der Waals surface area contributed by atoms with Crippen molar-refractivity contribution in [3.8, 4) is 66.8 Å². The minimum Gasteiger partial charge on any atom is -0.378 e. The smallest absolute Gasteiger partial charge is 0.254 e. The molecule has 0 saturated carbocycles. The minimum atomic E-state index is -3.60. The Kier molecular flexibility index (Phi) is 34.6. The van der Waals surface area contributed by atoms with Crippen molar-refractivity contribution in [2.75, 3.05) is 44.1 Å². The number of H-pyrrole nitrogens is 1. The number of morpholine rings is 1. The average Bonchev–Trinajstić information content (AvgIpc) is 1.31. The SMILES string of the molecule is CC(C)CC(=O)CS(=O)(=O)c1ccc(-c2cccnc2C(C)C)cc1.CC(C)c1ncccc1-c1cc(Cl)cc(Cl)c1.CC(C)c1ncccc1-c1ccc(S(C)(=O)=O)cc1.CC(C)c1ncccc1-c1ccc2[nH]ccc2c1.CC(C)c1ncccc1-c1cccc(C(=O)N2CCOCC2)c1.CCS(=O)(=O)c1ccc(-c2cccnc2C(C)C)cc1. The summed E-state index contributed by atoms with van der Waals surface area (Å²) in [7, 11) is -9.88. The molecule has 0 aliphatic carbocycles. The Labute approximate surface area is 732 Å². The van der Waals surface area contributed by atoms with Gasteiger partial charge in [0.1, 0.15) is 11.5 Å². The van der Waals surface area contributed by atoms with Crippen LogP contribution in [-0.2, 0) is 39.0 Å². The van der Waals surface area contributed by atoms with Crippen molar-refractivity contribution < 1.29 is 39.6 Å². The second-order valence-corrected chi connectivity index (χ2v) is 39.3. The number of aromatic amines is 1. The minimum absolute atomic E-state index is 0.0742. The van der Waals surface area contributed by atoms with Gasteiger partial charge < -0.3 is 14.6 Å². The molecule has 0 spiro atoms. The highest BCUT2D eigenvalue weighted by Crippen LogP contribution is 2.36. The monoisotopic (exact) mass is 1730 g/mol. The highest BCUT2D eigenvalue weighted by atomic mass is 35.5. The van der Waals surface area contributed by atoms with Crippen LogP contribution in [0.25, 0.3) is 77.7 Å². The molecule has 1 saturated heterocycles. The van der Waals surface area contributed by atoms with Crippen LogP contribution in [0.3, 0.4) is 0 Å². The van der Waals surface area contributed by atoms with E-state index in [9.17, 15) is 34.8 Å². The first-order valence-corrected chi connectivity index (χ1v) is 47.2. The predicted octanol–water partition coefficient (Wildman–Crippen LogP) is 24.1. The van der Waals surface area contributed by atoms with E-state index < -0.39 is 35.3 Å². The molecule has 17 nitrogen and oxygen atoms in total. The van der Waals surface area contributed by atoms with Gasteiger partial charge in [0.25, 0.3) is 5.91 Å². The zero-order valence-corrected chi connectivity index (χ0v) is 76.5. The van der Waals surface area contributed by atoms with E-state index in [1.165, 1.54) is 28.3 Å². The molecule has 1 aliphatic rings. The van der Waals surface area contributed by atoms with E-state index in [1.54, 1.807) is 80.1 Å². The number of nitrogens with zero attached hydrogens (tertiary/aromatic N) is 7. The third-order valence-corrected chi connectivity index (χ3v) is 25.1. The van der Waals surface area contributed by atoms with Crippen LogP contribution in [0.15, 0.2) is 270 Å². The Morgan fingerprint density at radius 1 is 0.393 bits per heavy atom. The molecule has 0 radical (unpaired) electrons. The lowest BCUT2D eigenvalue weighted by atomic mass is 9.96. The Balaban J connectivity index is 0.000000167. The highest BCUT2D eigenvalue weighted by Gasteiger charge is 2.24. The summed E-state index contributed by atoms with van der Waals surface area (Å²) in [5, 5.41) is 2.53. The van der Waals surface area contributed by atoms with Crippen LogP contribution >= 0.6 is 23.2 Å². The first-order valence-electron chi connectivity index (χ1n) is 41.2. The topological polar surface area (TPSA) is 242 Å². The van der Waals surface area contributed by atoms with Gasteiger partial charge in [-0.25, -0.2) is 25.3 Å². The van der Waals surface area contributed by atoms with E-state index >= 15 is 0 Å². The van der Waals surface area contributed by atoms with Crippen LogP contribution in [0.4, 0.5) is 0 Å². The van der Waals surface area contributed by atoms with Gasteiger partial charge in [0, 0.05) is 124 Å². The van der Waals surface area contributed by atoms with Crippen molar-refractivity contribution in [1.82, 2.24) is 39.8 Å². The van der Waals surface area contributed by atoms with Crippen LogP contribution < -0.4 is 0 Å². The summed E-state index contributed by atoms with van der Waals surface area (Å²) in [5.74, 6) is 1.73. The summed E-state index contributed by atoms with van der Waals surface area (Å²) in [6.07, 6.45) is 14.3. The Morgan fingerprint density at radius 3 is 1.10 bits per heavy atom. The van der Waals surface area contributed by atoms with Gasteiger partial charge in [0.2, 0.25) is 0 Å². The number of nitrogens with one attached hydrogen (secondary N) is 1. The zero-order valence-electron chi connectivity index (χ0n) is 72.5. The largest absolute Gasteiger partial charge is 0.378 e. The first-order chi connectivity index (χ1) is 58.0. The maximum atomic E-state index is 12.7. The average molecular weight is 1740 g/mol. The number of aromatic nitrogens is 7. The normalized spacial score (nSPS) is 12.2. The summed E-state index contributed by atoms with van der Waals surface area (Å²) in [5.41, 5.74) is 20.9. The van der Waals surface area contributed by atoms with Crippen LogP contribution in [0.2, 0.25) is 10.0 Å². The maximum absolute atomic E-state index is 12.7. The number of benzene rings is 6. The number of rotatable bonds is 21. The molecule has 0 unspecified atom stereocenters. The van der Waals surface area contributed by atoms with E-state index in [0.29, 0.717) is 75.7 Å². The Morgan fingerprint density at radius 2 is 0.738 bits per heavy atom. The van der Waals surface area contributed by atoms with Crippen molar-refractivity contribution in [2.24, 2.45) is 5.92 Å². The van der Waals surface area contributed by atoms with Crippen LogP contribution in [0, 0.1) is 5.92 Å². The molecule has 122 heavy (non-hydrogen) atoms. The van der Waals surface area contributed by atoms with Crippen molar-refractivity contribution in [1.29, 1.82) is 0 Å². The fourth-order valence-corrected chi connectivity index (χ4v) is 17.3. The second kappa shape index (κ2) is 44.4. The number of ketones is 1. The quantitative estimate of drug-likeness (QED) is 0.0703. The van der Waals surface area contributed by atoms with Gasteiger partial charge in [-0.15, -0.1) is 0 Å². The molecule has 0 bridgehead atoms. The van der Waals surface area contributed by atoms with E-state index in [4.69, 9.17) is 27.9 Å². The molecule has 0 atom stereocenters. The number of carbonyl (C=O) groups excluding carboxylic acids is 2. The first kappa shape index (κ1) is 95.1. The molecular weight excluding hydrogens is 1620 g/mol. The van der Waals surface area contributed by atoms with E-state index in [0.717, 1.165) is 95.4 Å². The lowest BCUT2D eigenvalue weighted by molar-refractivity contribution is -0.117. The molecule has 7 aromatic heterocycles. The molecule has 1 amide bonds. The molecule has 8 heterocycles. The number of hydrogen-bond donors (Lipinski definition) is 1. The van der Waals surface area contributed by atoms with E-state index in [-0.39, 0.29) is 40.6 Å². The Hall–Kier alpha value is -10.7. The van der Waals surface area contributed by atoms with Gasteiger partial charge in [0.15, 0.2) is 29.5 Å². The number of carbonyl (C=O) groups is 2. The third kappa shape index (κ3) is 26.4. The maximum Gasteiger partial charge on any atom is 0.254 e. The number of fused-ring (bicyclic) bond motifs is 1. The number of hydrogen-bond acceptors (Lipinski definition) is 15. The molecular formula is C100H112Cl2N8O9S3. The second-order valence-electron chi connectivity index (χ2n) is 32.1. The molecule has 14 rings (SSSR count). The van der Waals surface area contributed by atoms with Crippen molar-refractivity contribution in [3.05, 3.63) is 305 Å². The van der Waals surface area contributed by atoms with Gasteiger partial charge >= 0.3 is 0 Å². The number of ether oxygens (including phenoxy) is 1. The highest BCUT2D eigenvalue weighted by molar-refractivity contribution is 7.92. The summed E-state index contributed by atoms with van der Waals surface area (Å²) >= 11 is 12.1. The van der Waals surface area contributed by atoms with Crippen molar-refractivity contribution in [2.45, 2.75) is 160 Å². The van der Waals surface area contributed by atoms with Gasteiger partial charge in [0.05, 0.1) is 67.8 Å².